The van der Waals surface area contributed by atoms with Crippen molar-refractivity contribution in [2.45, 2.75) is 6.42 Å². The summed E-state index contributed by atoms with van der Waals surface area (Å²) in [7, 11) is 0. The van der Waals surface area contributed by atoms with Crippen molar-refractivity contribution in [3.8, 4) is 0 Å². The van der Waals surface area contributed by atoms with Gasteiger partial charge in [-0.3, -0.25) is 14.6 Å². The molecule has 0 N–H and O–H groups in total. The van der Waals surface area contributed by atoms with Gasteiger partial charge in [0.15, 0.2) is 5.17 Å². The summed E-state index contributed by atoms with van der Waals surface area (Å²) in [5, 5.41) is 0.797. The molecular weight excluding hydrogens is 260 g/mol. The minimum atomic E-state index is -0.0511. The van der Waals surface area contributed by atoms with Gasteiger partial charge < -0.3 is 4.90 Å². The van der Waals surface area contributed by atoms with Crippen LogP contribution in [-0.2, 0) is 0 Å². The van der Waals surface area contributed by atoms with Crippen molar-refractivity contribution >= 4 is 28.5 Å². The zero-order valence-electron chi connectivity index (χ0n) is 10.0. The van der Waals surface area contributed by atoms with E-state index in [9.17, 15) is 9.59 Å². The highest BCUT2D eigenvalue weighted by Gasteiger charge is 2.42. The van der Waals surface area contributed by atoms with Crippen LogP contribution < -0.4 is 0 Å². The van der Waals surface area contributed by atoms with Crippen LogP contribution in [0.4, 0.5) is 0 Å². The summed E-state index contributed by atoms with van der Waals surface area (Å²) < 4.78 is 0. The summed E-state index contributed by atoms with van der Waals surface area (Å²) >= 11 is 1.34. The molecule has 0 radical (unpaired) electrons. The zero-order chi connectivity index (χ0) is 13.0. The minimum absolute atomic E-state index is 0.0488. The molecule has 1 aromatic rings. The molecule has 1 aromatic carbocycles. The average Bonchev–Trinajstić information content (AvgIpc) is 2.84. The molecule has 4 nitrogen and oxygen atoms in total. The number of Topliss-reactive ketones (excluding diaryl/α,β-unsaturated/α-hetero) is 2. The van der Waals surface area contributed by atoms with Crippen molar-refractivity contribution in [2.75, 3.05) is 13.1 Å². The minimum Gasteiger partial charge on any atom is -0.316 e. The lowest BCUT2D eigenvalue weighted by Crippen LogP contribution is -2.34. The van der Waals surface area contributed by atoms with Gasteiger partial charge in [0.1, 0.15) is 5.70 Å². The molecule has 0 atom stereocenters. The maximum Gasteiger partial charge on any atom is 0.211 e. The number of benzene rings is 1. The number of nitrogens with zero attached hydrogens (tertiary/aromatic N) is 2. The van der Waals surface area contributed by atoms with Gasteiger partial charge in [-0.1, -0.05) is 24.3 Å². The summed E-state index contributed by atoms with van der Waals surface area (Å²) in [5.74, 6) is -0.0999. The molecule has 0 bridgehead atoms. The van der Waals surface area contributed by atoms with Gasteiger partial charge in [-0.25, -0.2) is 0 Å². The first kappa shape index (κ1) is 11.0. The zero-order valence-corrected chi connectivity index (χ0v) is 10.9. The van der Waals surface area contributed by atoms with Crippen LogP contribution in [0.2, 0.25) is 0 Å². The van der Waals surface area contributed by atoms with Gasteiger partial charge in [0.25, 0.3) is 0 Å². The normalized spacial score (nSPS) is 21.1. The summed E-state index contributed by atoms with van der Waals surface area (Å²) in [6.07, 6.45) is 0.921. The van der Waals surface area contributed by atoms with Crippen molar-refractivity contribution < 1.29 is 9.59 Å². The molecule has 19 heavy (non-hydrogen) atoms. The maximum atomic E-state index is 12.6. The van der Waals surface area contributed by atoms with Crippen LogP contribution in [0.3, 0.4) is 0 Å². The third-order valence-corrected chi connectivity index (χ3v) is 4.65. The van der Waals surface area contributed by atoms with Crippen LogP contribution in [0.15, 0.2) is 39.9 Å². The van der Waals surface area contributed by atoms with E-state index in [1.165, 1.54) is 11.8 Å². The Balaban J connectivity index is 1.92. The Morgan fingerprint density at radius 2 is 1.84 bits per heavy atom. The van der Waals surface area contributed by atoms with E-state index in [-0.39, 0.29) is 11.6 Å². The van der Waals surface area contributed by atoms with E-state index < -0.39 is 0 Å². The second-order valence-corrected chi connectivity index (χ2v) is 5.63. The number of amidine groups is 1. The highest BCUT2D eigenvalue weighted by atomic mass is 32.2. The summed E-state index contributed by atoms with van der Waals surface area (Å²) in [4.78, 5) is 31.9. The lowest BCUT2D eigenvalue weighted by Gasteiger charge is -2.25. The van der Waals surface area contributed by atoms with Gasteiger partial charge in [-0.15, -0.1) is 0 Å². The van der Waals surface area contributed by atoms with Crippen LogP contribution >= 0.6 is 11.8 Å². The number of rotatable bonds is 0. The molecule has 0 spiro atoms. The van der Waals surface area contributed by atoms with E-state index in [1.807, 2.05) is 4.90 Å². The van der Waals surface area contributed by atoms with Gasteiger partial charge >= 0.3 is 0 Å². The van der Waals surface area contributed by atoms with Crippen molar-refractivity contribution in [3.63, 3.8) is 0 Å². The van der Waals surface area contributed by atoms with E-state index >= 15 is 0 Å². The quantitative estimate of drug-likeness (QED) is 0.724. The first-order valence-electron chi connectivity index (χ1n) is 6.20. The first-order valence-corrected chi connectivity index (χ1v) is 7.01. The number of hydrogen-bond acceptors (Lipinski definition) is 5. The van der Waals surface area contributed by atoms with Crippen molar-refractivity contribution in [3.05, 3.63) is 46.0 Å². The first-order chi connectivity index (χ1) is 9.27. The van der Waals surface area contributed by atoms with Crippen LogP contribution in [0, 0.1) is 0 Å². The monoisotopic (exact) mass is 270 g/mol. The van der Waals surface area contributed by atoms with Crippen molar-refractivity contribution in [1.29, 1.82) is 0 Å². The molecule has 0 amide bonds. The molecule has 0 unspecified atom stereocenters. The molecule has 94 valence electrons. The summed E-state index contributed by atoms with van der Waals surface area (Å²) in [6.45, 7) is 1.54. The number of hydrogen-bond donors (Lipinski definition) is 0. The maximum absolute atomic E-state index is 12.6. The molecule has 5 heteroatoms. The number of allylic oxidation sites excluding steroid dienone is 2. The molecule has 0 saturated heterocycles. The predicted octanol–water partition coefficient (Wildman–Crippen LogP) is 2.09. The van der Waals surface area contributed by atoms with Gasteiger partial charge in [-0.2, -0.15) is 0 Å². The Morgan fingerprint density at radius 1 is 1.11 bits per heavy atom. The highest BCUT2D eigenvalue weighted by molar-refractivity contribution is 8.18. The molecule has 2 heterocycles. The van der Waals surface area contributed by atoms with Crippen molar-refractivity contribution in [2.24, 2.45) is 4.99 Å². The van der Waals surface area contributed by atoms with E-state index in [1.54, 1.807) is 24.3 Å². The highest BCUT2D eigenvalue weighted by Crippen LogP contribution is 2.42. The number of fused-ring (bicyclic) bond motifs is 3. The summed E-state index contributed by atoms with van der Waals surface area (Å²) in [6, 6.07) is 7.03. The second-order valence-electron chi connectivity index (χ2n) is 4.65. The Kier molecular flexibility index (Phi) is 2.20. The molecule has 0 fully saturated rings. The number of aliphatic imine (C=N–C) groups is 1. The van der Waals surface area contributed by atoms with E-state index in [2.05, 4.69) is 4.99 Å². The van der Waals surface area contributed by atoms with Gasteiger partial charge in [0, 0.05) is 24.2 Å². The Labute approximate surface area is 114 Å². The molecule has 4 rings (SSSR count). The van der Waals surface area contributed by atoms with Gasteiger partial charge in [-0.05, 0) is 18.2 Å². The summed E-state index contributed by atoms with van der Waals surface area (Å²) in [5.41, 5.74) is 1.56. The van der Waals surface area contributed by atoms with Gasteiger partial charge in [0.2, 0.25) is 11.6 Å². The fourth-order valence-electron chi connectivity index (χ4n) is 2.65. The SMILES string of the molecule is O=C1C2=C(C(=O)c3ccccc31)N1CCCN=C1S2. The lowest BCUT2D eigenvalue weighted by molar-refractivity contribution is 0.0964. The molecule has 3 aliphatic rings. The molecule has 0 aromatic heterocycles. The fraction of sp³-hybridized carbons (Fsp3) is 0.214. The average molecular weight is 270 g/mol. The number of carbonyl (C=O) groups is 2. The molecular formula is C14H10N2O2S. The standard InChI is InChI=1S/C14H10N2O2S/c17-11-8-4-1-2-5-9(8)12(18)13-10(11)16-7-3-6-15-14(16)19-13/h1-2,4-5H,3,6-7H2. The van der Waals surface area contributed by atoms with Crippen molar-refractivity contribution in [1.82, 2.24) is 4.90 Å². The molecule has 0 saturated carbocycles. The second kappa shape index (κ2) is 3.81. The van der Waals surface area contributed by atoms with E-state index in [0.717, 1.165) is 24.7 Å². The number of thioether (sulfide) groups is 1. The van der Waals surface area contributed by atoms with Crippen LogP contribution in [0.25, 0.3) is 0 Å². The Hall–Kier alpha value is -1.88. The third kappa shape index (κ3) is 1.39. The number of ketones is 2. The van der Waals surface area contributed by atoms with Crippen LogP contribution in [0.1, 0.15) is 27.1 Å². The third-order valence-electron chi connectivity index (χ3n) is 3.53. The smallest absolute Gasteiger partial charge is 0.211 e. The lowest BCUT2D eigenvalue weighted by atomic mass is 9.92. The van der Waals surface area contributed by atoms with Gasteiger partial charge in [0.05, 0.1) is 4.91 Å². The predicted molar refractivity (Wildman–Crippen MR) is 73.3 cm³/mol. The topological polar surface area (TPSA) is 49.7 Å². The van der Waals surface area contributed by atoms with E-state index in [4.69, 9.17) is 0 Å². The number of carbonyl (C=O) groups excluding carboxylic acids is 2. The fourth-order valence-corrected chi connectivity index (χ4v) is 3.78. The molecule has 1 aliphatic carbocycles. The Morgan fingerprint density at radius 3 is 2.63 bits per heavy atom. The Bertz CT molecular complexity index is 690. The van der Waals surface area contributed by atoms with Crippen LogP contribution in [0.5, 0.6) is 0 Å². The largest absolute Gasteiger partial charge is 0.316 e. The van der Waals surface area contributed by atoms with E-state index in [0.29, 0.717) is 21.7 Å². The van der Waals surface area contributed by atoms with Crippen LogP contribution in [-0.4, -0.2) is 34.7 Å². The molecule has 2 aliphatic heterocycles.